The quantitative estimate of drug-likeness (QED) is 0.597. The molecule has 0 fully saturated rings. The van der Waals surface area contributed by atoms with E-state index in [1.165, 1.54) is 17.6 Å². The van der Waals surface area contributed by atoms with E-state index in [1.807, 2.05) is 17.5 Å². The molecule has 2 amide bonds. The van der Waals surface area contributed by atoms with E-state index in [2.05, 4.69) is 16.9 Å². The van der Waals surface area contributed by atoms with Crippen molar-refractivity contribution in [3.05, 3.63) is 70.3 Å². The van der Waals surface area contributed by atoms with Crippen LogP contribution in [-0.4, -0.2) is 28.2 Å². The second-order valence-corrected chi connectivity index (χ2v) is 7.28. The van der Waals surface area contributed by atoms with Crippen LogP contribution in [-0.2, 0) is 17.8 Å². The van der Waals surface area contributed by atoms with Gasteiger partial charge < -0.3 is 9.32 Å². The zero-order valence-corrected chi connectivity index (χ0v) is 15.5. The number of thiophene rings is 1. The molecule has 3 aromatic rings. The molecule has 1 N–H and O–H groups in total. The van der Waals surface area contributed by atoms with Gasteiger partial charge in [-0.05, 0) is 23.6 Å². The molecule has 3 aromatic heterocycles. The number of furan rings is 1. The second-order valence-electron chi connectivity index (χ2n) is 5.39. The van der Waals surface area contributed by atoms with E-state index >= 15 is 0 Å². The first-order chi connectivity index (χ1) is 12.7. The Morgan fingerprint density at radius 3 is 2.88 bits per heavy atom. The van der Waals surface area contributed by atoms with Crippen molar-refractivity contribution in [2.45, 2.75) is 13.0 Å². The Bertz CT molecular complexity index is 870. The molecule has 0 spiro atoms. The number of aromatic nitrogens is 1. The van der Waals surface area contributed by atoms with Gasteiger partial charge >= 0.3 is 0 Å². The molecule has 8 heteroatoms. The highest BCUT2D eigenvalue weighted by molar-refractivity contribution is 7.14. The molecule has 134 valence electrons. The summed E-state index contributed by atoms with van der Waals surface area (Å²) in [5.74, 6) is -0.188. The number of nitrogens with one attached hydrogen (secondary N) is 1. The molecule has 0 aliphatic carbocycles. The molecule has 0 bridgehead atoms. The average Bonchev–Trinajstić information content (AvgIpc) is 3.37. The lowest BCUT2D eigenvalue weighted by molar-refractivity contribution is -0.130. The summed E-state index contributed by atoms with van der Waals surface area (Å²) in [5, 5.41) is 6.85. The van der Waals surface area contributed by atoms with Gasteiger partial charge in [0.05, 0.1) is 24.9 Å². The zero-order valence-electron chi connectivity index (χ0n) is 13.9. The van der Waals surface area contributed by atoms with Gasteiger partial charge in [0.25, 0.3) is 5.91 Å². The third-order valence-corrected chi connectivity index (χ3v) is 5.15. The van der Waals surface area contributed by atoms with Crippen molar-refractivity contribution in [2.75, 3.05) is 11.9 Å². The lowest BCUT2D eigenvalue weighted by atomic mass is 10.3. The maximum atomic E-state index is 12.6. The fraction of sp³-hybridized carbons (Fsp3) is 0.167. The number of nitrogens with zero attached hydrogens (tertiary/aromatic N) is 2. The fourth-order valence-corrected chi connectivity index (χ4v) is 3.70. The minimum Gasteiger partial charge on any atom is -0.459 e. The minimum atomic E-state index is -0.367. The normalized spacial score (nSPS) is 10.5. The van der Waals surface area contributed by atoms with E-state index in [1.54, 1.807) is 39.8 Å². The number of thiazole rings is 1. The Hall–Kier alpha value is -2.71. The Morgan fingerprint density at radius 1 is 1.31 bits per heavy atom. The summed E-state index contributed by atoms with van der Waals surface area (Å²) in [6.45, 7) is 4.75. The number of hydrogen-bond donors (Lipinski definition) is 1. The Morgan fingerprint density at radius 2 is 2.19 bits per heavy atom. The van der Waals surface area contributed by atoms with Crippen molar-refractivity contribution >= 4 is 39.6 Å². The maximum absolute atomic E-state index is 12.6. The first-order valence-corrected chi connectivity index (χ1v) is 9.62. The van der Waals surface area contributed by atoms with Crippen LogP contribution in [0.3, 0.4) is 0 Å². The fourth-order valence-electron chi connectivity index (χ4n) is 2.28. The molecule has 0 saturated carbocycles. The molecule has 6 nitrogen and oxygen atoms in total. The Balaban J connectivity index is 1.60. The van der Waals surface area contributed by atoms with E-state index in [0.717, 1.165) is 4.88 Å². The number of carbonyl (C=O) groups is 2. The molecular formula is C18H17N3O3S2. The molecule has 0 aliphatic heterocycles. The average molecular weight is 387 g/mol. The first kappa shape index (κ1) is 18.1. The summed E-state index contributed by atoms with van der Waals surface area (Å²) < 4.78 is 5.04. The van der Waals surface area contributed by atoms with Gasteiger partial charge in [0, 0.05) is 16.8 Å². The summed E-state index contributed by atoms with van der Waals surface area (Å²) in [5.41, 5.74) is 0.620. The molecule has 0 aromatic carbocycles. The summed E-state index contributed by atoms with van der Waals surface area (Å²) >= 11 is 2.89. The van der Waals surface area contributed by atoms with Crippen molar-refractivity contribution in [2.24, 2.45) is 0 Å². The van der Waals surface area contributed by atoms with Gasteiger partial charge in [-0.3, -0.25) is 14.9 Å². The lowest BCUT2D eigenvalue weighted by Crippen LogP contribution is -2.31. The van der Waals surface area contributed by atoms with Crippen LogP contribution in [0.4, 0.5) is 5.13 Å². The van der Waals surface area contributed by atoms with Crippen LogP contribution in [0.15, 0.2) is 58.4 Å². The molecule has 0 saturated heterocycles. The van der Waals surface area contributed by atoms with E-state index in [-0.39, 0.29) is 24.0 Å². The number of rotatable bonds is 8. The first-order valence-electron chi connectivity index (χ1n) is 7.86. The van der Waals surface area contributed by atoms with Gasteiger partial charge in [0.1, 0.15) is 0 Å². The third kappa shape index (κ3) is 4.68. The van der Waals surface area contributed by atoms with E-state index in [0.29, 0.717) is 23.9 Å². The predicted molar refractivity (Wildman–Crippen MR) is 102 cm³/mol. The number of hydrogen-bond acceptors (Lipinski definition) is 6. The SMILES string of the molecule is C=CCN(Cc1cccs1)C(=O)Cc1csc(NC(=O)c2ccco2)n1. The van der Waals surface area contributed by atoms with E-state index in [9.17, 15) is 9.59 Å². The van der Waals surface area contributed by atoms with Gasteiger partial charge in [0.15, 0.2) is 10.9 Å². The van der Waals surface area contributed by atoms with Crippen molar-refractivity contribution in [1.29, 1.82) is 0 Å². The van der Waals surface area contributed by atoms with Crippen LogP contribution in [0, 0.1) is 0 Å². The molecule has 26 heavy (non-hydrogen) atoms. The largest absolute Gasteiger partial charge is 0.459 e. The molecule has 0 radical (unpaired) electrons. The second kappa shape index (κ2) is 8.59. The minimum absolute atomic E-state index is 0.0347. The van der Waals surface area contributed by atoms with Gasteiger partial charge in [-0.15, -0.1) is 29.3 Å². The highest BCUT2D eigenvalue weighted by Crippen LogP contribution is 2.18. The molecule has 3 rings (SSSR count). The smallest absolute Gasteiger partial charge is 0.293 e. The predicted octanol–water partition coefficient (Wildman–Crippen LogP) is 3.81. The Kier molecular flexibility index (Phi) is 5.98. The summed E-state index contributed by atoms with van der Waals surface area (Å²) in [6.07, 6.45) is 3.32. The van der Waals surface area contributed by atoms with E-state index < -0.39 is 0 Å². The highest BCUT2D eigenvalue weighted by Gasteiger charge is 2.17. The lowest BCUT2D eigenvalue weighted by Gasteiger charge is -2.20. The highest BCUT2D eigenvalue weighted by atomic mass is 32.1. The van der Waals surface area contributed by atoms with Gasteiger partial charge in [-0.2, -0.15) is 0 Å². The molecule has 3 heterocycles. The van der Waals surface area contributed by atoms with Crippen LogP contribution < -0.4 is 5.32 Å². The van der Waals surface area contributed by atoms with Crippen LogP contribution in [0.2, 0.25) is 0 Å². The molecular weight excluding hydrogens is 370 g/mol. The van der Waals surface area contributed by atoms with Gasteiger partial charge in [0.2, 0.25) is 5.91 Å². The summed E-state index contributed by atoms with van der Waals surface area (Å²) in [7, 11) is 0. The van der Waals surface area contributed by atoms with Gasteiger partial charge in [-0.1, -0.05) is 12.1 Å². The monoisotopic (exact) mass is 387 g/mol. The summed E-state index contributed by atoms with van der Waals surface area (Å²) in [4.78, 5) is 31.7. The van der Waals surface area contributed by atoms with Crippen LogP contribution in [0.5, 0.6) is 0 Å². The topological polar surface area (TPSA) is 75.4 Å². The summed E-state index contributed by atoms with van der Waals surface area (Å²) in [6, 6.07) is 7.18. The zero-order chi connectivity index (χ0) is 18.4. The molecule has 0 aliphatic rings. The number of anilines is 1. The van der Waals surface area contributed by atoms with Crippen LogP contribution in [0.1, 0.15) is 21.1 Å². The molecule has 0 unspecified atom stereocenters. The van der Waals surface area contributed by atoms with Crippen molar-refractivity contribution < 1.29 is 14.0 Å². The van der Waals surface area contributed by atoms with E-state index in [4.69, 9.17) is 4.42 Å². The van der Waals surface area contributed by atoms with Crippen LogP contribution >= 0.6 is 22.7 Å². The van der Waals surface area contributed by atoms with Crippen molar-refractivity contribution in [1.82, 2.24) is 9.88 Å². The Labute approximate surface area is 158 Å². The van der Waals surface area contributed by atoms with Crippen molar-refractivity contribution in [3.63, 3.8) is 0 Å². The van der Waals surface area contributed by atoms with Crippen LogP contribution in [0.25, 0.3) is 0 Å². The number of carbonyl (C=O) groups excluding carboxylic acids is 2. The maximum Gasteiger partial charge on any atom is 0.293 e. The van der Waals surface area contributed by atoms with Gasteiger partial charge in [-0.25, -0.2) is 4.98 Å². The molecule has 0 atom stereocenters. The standard InChI is InChI=1S/C18H17N3O3S2/c1-2-7-21(11-14-5-4-9-25-14)16(22)10-13-12-26-18(19-13)20-17(23)15-6-3-8-24-15/h2-6,8-9,12H,1,7,10-11H2,(H,19,20,23). The third-order valence-electron chi connectivity index (χ3n) is 3.48. The van der Waals surface area contributed by atoms with Crippen molar-refractivity contribution in [3.8, 4) is 0 Å². The number of amides is 2.